The van der Waals surface area contributed by atoms with Gasteiger partial charge in [0.2, 0.25) is 0 Å². The van der Waals surface area contributed by atoms with E-state index in [0.29, 0.717) is 6.54 Å². The molecule has 0 amide bonds. The van der Waals surface area contributed by atoms with Crippen molar-refractivity contribution in [3.63, 3.8) is 0 Å². The van der Waals surface area contributed by atoms with Crippen LogP contribution in [0.15, 0.2) is 40.9 Å². The SMILES string of the molecule is CC1=C(C)N(CC(O)c2ccccc2)C(Cl)S1. The molecule has 2 nitrogen and oxygen atoms in total. The first kappa shape index (κ1) is 12.8. The van der Waals surface area contributed by atoms with Crippen LogP contribution in [0.4, 0.5) is 0 Å². The van der Waals surface area contributed by atoms with Crippen molar-refractivity contribution < 1.29 is 5.11 Å². The van der Waals surface area contributed by atoms with Gasteiger partial charge in [-0.1, -0.05) is 53.7 Å². The van der Waals surface area contributed by atoms with E-state index >= 15 is 0 Å². The molecule has 1 aromatic carbocycles. The molecule has 0 spiro atoms. The Morgan fingerprint density at radius 3 is 2.53 bits per heavy atom. The molecular formula is C13H16ClNOS. The largest absolute Gasteiger partial charge is 0.387 e. The summed E-state index contributed by atoms with van der Waals surface area (Å²) in [4.78, 5) is 3.16. The Morgan fingerprint density at radius 2 is 2.00 bits per heavy atom. The zero-order valence-corrected chi connectivity index (χ0v) is 11.5. The summed E-state index contributed by atoms with van der Waals surface area (Å²) in [5, 5.41) is 10.2. The highest BCUT2D eigenvalue weighted by atomic mass is 35.5. The fourth-order valence-electron chi connectivity index (χ4n) is 1.84. The maximum absolute atomic E-state index is 10.2. The van der Waals surface area contributed by atoms with E-state index < -0.39 is 6.10 Å². The molecule has 1 aliphatic heterocycles. The number of thioether (sulfide) groups is 1. The van der Waals surface area contributed by atoms with Crippen molar-refractivity contribution in [2.75, 3.05) is 6.54 Å². The van der Waals surface area contributed by atoms with Gasteiger partial charge in [0.25, 0.3) is 0 Å². The minimum Gasteiger partial charge on any atom is -0.387 e. The zero-order chi connectivity index (χ0) is 12.4. The molecular weight excluding hydrogens is 254 g/mol. The molecule has 2 atom stereocenters. The molecule has 4 heteroatoms. The third-order valence-corrected chi connectivity index (χ3v) is 4.61. The highest BCUT2D eigenvalue weighted by Crippen LogP contribution is 2.40. The Labute approximate surface area is 111 Å². The van der Waals surface area contributed by atoms with E-state index in [-0.39, 0.29) is 4.83 Å². The lowest BCUT2D eigenvalue weighted by Crippen LogP contribution is -2.28. The van der Waals surface area contributed by atoms with Crippen LogP contribution in [0.2, 0.25) is 0 Å². The molecule has 0 radical (unpaired) electrons. The van der Waals surface area contributed by atoms with Crippen LogP contribution >= 0.6 is 23.4 Å². The highest BCUT2D eigenvalue weighted by Gasteiger charge is 2.28. The van der Waals surface area contributed by atoms with Gasteiger partial charge in [-0.05, 0) is 19.4 Å². The van der Waals surface area contributed by atoms with Crippen molar-refractivity contribution in [2.24, 2.45) is 0 Å². The summed E-state index contributed by atoms with van der Waals surface area (Å²) in [7, 11) is 0. The summed E-state index contributed by atoms with van der Waals surface area (Å²) in [6.45, 7) is 4.64. The van der Waals surface area contributed by atoms with Crippen LogP contribution in [0, 0.1) is 0 Å². The number of alkyl halides is 1. The number of allylic oxidation sites excluding steroid dienone is 2. The molecule has 1 N–H and O–H groups in total. The number of aliphatic hydroxyl groups is 1. The average molecular weight is 270 g/mol. The molecule has 2 unspecified atom stereocenters. The van der Waals surface area contributed by atoms with Crippen molar-refractivity contribution in [2.45, 2.75) is 24.8 Å². The first-order valence-corrected chi connectivity index (χ1v) is 6.89. The smallest absolute Gasteiger partial charge is 0.155 e. The van der Waals surface area contributed by atoms with E-state index in [1.165, 1.54) is 4.91 Å². The van der Waals surface area contributed by atoms with Gasteiger partial charge in [-0.2, -0.15) is 0 Å². The molecule has 0 aliphatic carbocycles. The molecule has 1 heterocycles. The maximum Gasteiger partial charge on any atom is 0.155 e. The van der Waals surface area contributed by atoms with Crippen LogP contribution in [-0.2, 0) is 0 Å². The molecule has 0 bridgehead atoms. The minimum absolute atomic E-state index is 0.103. The van der Waals surface area contributed by atoms with Crippen molar-refractivity contribution in [3.8, 4) is 0 Å². The lowest BCUT2D eigenvalue weighted by atomic mass is 10.1. The molecule has 1 aliphatic rings. The van der Waals surface area contributed by atoms with Gasteiger partial charge in [-0.3, -0.25) is 0 Å². The summed E-state index contributed by atoms with van der Waals surface area (Å²) in [5.41, 5.74) is 2.09. The number of nitrogens with zero attached hydrogens (tertiary/aromatic N) is 1. The van der Waals surface area contributed by atoms with Gasteiger partial charge in [0.15, 0.2) is 4.83 Å². The van der Waals surface area contributed by atoms with E-state index in [1.54, 1.807) is 11.8 Å². The average Bonchev–Trinajstić information content (AvgIpc) is 2.57. The number of β-amino-alcohol motifs (C(OH)–C–C–N with tert-alkyl or cyclic N) is 1. The van der Waals surface area contributed by atoms with Crippen LogP contribution in [0.1, 0.15) is 25.5 Å². The monoisotopic (exact) mass is 269 g/mol. The minimum atomic E-state index is -0.501. The number of halogens is 1. The van der Waals surface area contributed by atoms with Crippen molar-refractivity contribution >= 4 is 23.4 Å². The van der Waals surface area contributed by atoms with Crippen LogP contribution in [0.25, 0.3) is 0 Å². The van der Waals surface area contributed by atoms with Crippen LogP contribution in [0.5, 0.6) is 0 Å². The van der Waals surface area contributed by atoms with E-state index in [2.05, 4.69) is 6.92 Å². The quantitative estimate of drug-likeness (QED) is 0.671. The van der Waals surface area contributed by atoms with Crippen LogP contribution in [0.3, 0.4) is 0 Å². The van der Waals surface area contributed by atoms with Gasteiger partial charge in [-0.25, -0.2) is 0 Å². The van der Waals surface area contributed by atoms with Gasteiger partial charge in [0.1, 0.15) is 0 Å². The predicted molar refractivity (Wildman–Crippen MR) is 73.7 cm³/mol. The third-order valence-electron chi connectivity index (χ3n) is 3.01. The number of rotatable bonds is 3. The predicted octanol–water partition coefficient (Wildman–Crippen LogP) is 3.54. The summed E-state index contributed by atoms with van der Waals surface area (Å²) < 4.78 is 0. The Kier molecular flexibility index (Phi) is 4.02. The van der Waals surface area contributed by atoms with Gasteiger partial charge >= 0.3 is 0 Å². The van der Waals surface area contributed by atoms with E-state index in [9.17, 15) is 5.11 Å². The number of benzene rings is 1. The normalized spacial score (nSPS) is 22.1. The molecule has 0 aromatic heterocycles. The van der Waals surface area contributed by atoms with Crippen molar-refractivity contribution in [1.29, 1.82) is 0 Å². The van der Waals surface area contributed by atoms with E-state index in [0.717, 1.165) is 11.3 Å². The fraction of sp³-hybridized carbons (Fsp3) is 0.385. The second-order valence-corrected chi connectivity index (χ2v) is 6.10. The first-order chi connectivity index (χ1) is 8.09. The van der Waals surface area contributed by atoms with Crippen molar-refractivity contribution in [3.05, 3.63) is 46.5 Å². The number of hydrogen-bond acceptors (Lipinski definition) is 3. The van der Waals surface area contributed by atoms with Crippen LogP contribution in [-0.4, -0.2) is 21.4 Å². The number of hydrogen-bond donors (Lipinski definition) is 1. The second-order valence-electron chi connectivity index (χ2n) is 4.13. The van der Waals surface area contributed by atoms with Crippen LogP contribution < -0.4 is 0 Å². The van der Waals surface area contributed by atoms with Gasteiger partial charge in [-0.15, -0.1) is 0 Å². The molecule has 0 saturated carbocycles. The Hall–Kier alpha value is -0.640. The lowest BCUT2D eigenvalue weighted by Gasteiger charge is -2.26. The molecule has 0 fully saturated rings. The van der Waals surface area contributed by atoms with E-state index in [1.807, 2.05) is 42.2 Å². The Bertz CT molecular complexity index is 421. The topological polar surface area (TPSA) is 23.5 Å². The number of aliphatic hydroxyl groups excluding tert-OH is 1. The zero-order valence-electron chi connectivity index (χ0n) is 9.93. The molecule has 0 saturated heterocycles. The van der Waals surface area contributed by atoms with Crippen molar-refractivity contribution in [1.82, 2.24) is 4.90 Å². The molecule has 92 valence electrons. The summed E-state index contributed by atoms with van der Waals surface area (Å²) in [6.07, 6.45) is -0.501. The summed E-state index contributed by atoms with van der Waals surface area (Å²) >= 11 is 7.87. The van der Waals surface area contributed by atoms with Gasteiger partial charge < -0.3 is 10.0 Å². The summed E-state index contributed by atoms with van der Waals surface area (Å²) in [5.74, 6) is 0. The maximum atomic E-state index is 10.2. The molecule has 1 aromatic rings. The Balaban J connectivity index is 2.07. The van der Waals surface area contributed by atoms with Gasteiger partial charge in [0.05, 0.1) is 12.6 Å². The fourth-order valence-corrected chi connectivity index (χ4v) is 3.41. The molecule has 17 heavy (non-hydrogen) atoms. The van der Waals surface area contributed by atoms with Gasteiger partial charge in [0, 0.05) is 10.6 Å². The second kappa shape index (κ2) is 5.34. The Morgan fingerprint density at radius 1 is 1.35 bits per heavy atom. The molecule has 2 rings (SSSR count). The first-order valence-electron chi connectivity index (χ1n) is 5.57. The van der Waals surface area contributed by atoms with E-state index in [4.69, 9.17) is 11.6 Å². The highest BCUT2D eigenvalue weighted by molar-refractivity contribution is 8.04. The lowest BCUT2D eigenvalue weighted by molar-refractivity contribution is 0.135. The third kappa shape index (κ3) is 2.79. The summed E-state index contributed by atoms with van der Waals surface area (Å²) in [6, 6.07) is 9.68. The standard InChI is InChI=1S/C13H16ClNOS/c1-9-10(2)17-13(14)15(9)8-12(16)11-6-4-3-5-7-11/h3-7,12-13,16H,8H2,1-2H3.